The van der Waals surface area contributed by atoms with Gasteiger partial charge in [-0.05, 0) is 58.5 Å². The zero-order valence-electron chi connectivity index (χ0n) is 16.0. The van der Waals surface area contributed by atoms with E-state index >= 15 is 0 Å². The van der Waals surface area contributed by atoms with Gasteiger partial charge in [0.05, 0.1) is 6.54 Å². The zero-order valence-corrected chi connectivity index (χ0v) is 18.3. The van der Waals surface area contributed by atoms with Gasteiger partial charge in [0.25, 0.3) is 0 Å². The maximum Gasteiger partial charge on any atom is 0.191 e. The molecule has 0 spiro atoms. The van der Waals surface area contributed by atoms with Crippen molar-refractivity contribution in [3.8, 4) is 0 Å². The number of halogens is 1. The third-order valence-corrected chi connectivity index (χ3v) is 4.93. The average molecular weight is 468 g/mol. The third-order valence-electron chi connectivity index (χ3n) is 4.93. The van der Waals surface area contributed by atoms with E-state index in [0.717, 1.165) is 71.3 Å². The molecule has 1 atom stereocenters. The molecule has 7 heteroatoms. The first-order valence-electron chi connectivity index (χ1n) is 9.67. The van der Waals surface area contributed by atoms with Crippen molar-refractivity contribution in [1.29, 1.82) is 0 Å². The smallest absolute Gasteiger partial charge is 0.191 e. The Morgan fingerprint density at radius 2 is 2.04 bits per heavy atom. The van der Waals surface area contributed by atoms with Gasteiger partial charge >= 0.3 is 0 Å². The highest BCUT2D eigenvalue weighted by atomic mass is 127. The Labute approximate surface area is 170 Å². The van der Waals surface area contributed by atoms with Crippen LogP contribution in [0.5, 0.6) is 0 Å². The van der Waals surface area contributed by atoms with E-state index in [2.05, 4.69) is 29.5 Å². The topological polar surface area (TPSA) is 58.1 Å². The van der Waals surface area contributed by atoms with Crippen LogP contribution in [0.1, 0.15) is 39.0 Å². The van der Waals surface area contributed by atoms with Crippen LogP contribution in [0, 0.1) is 5.92 Å². The summed E-state index contributed by atoms with van der Waals surface area (Å²) in [6.07, 6.45) is 5.86. The van der Waals surface area contributed by atoms with Crippen molar-refractivity contribution in [2.75, 3.05) is 59.7 Å². The SMILES string of the molecule is CCNC(=NCC1CCCN1C)NCCCOCC1CCOCC1.I. The Kier molecular flexibility index (Phi) is 12.8. The average Bonchev–Trinajstić information content (AvgIpc) is 3.01. The molecule has 1 unspecified atom stereocenters. The fraction of sp³-hybridized carbons (Fsp3) is 0.944. The van der Waals surface area contributed by atoms with Crippen molar-refractivity contribution in [3.05, 3.63) is 0 Å². The summed E-state index contributed by atoms with van der Waals surface area (Å²) in [5.74, 6) is 1.62. The molecule has 2 aliphatic heterocycles. The number of aliphatic imine (C=N–C) groups is 1. The molecule has 25 heavy (non-hydrogen) atoms. The molecule has 2 heterocycles. The highest BCUT2D eigenvalue weighted by Gasteiger charge is 2.20. The second-order valence-electron chi connectivity index (χ2n) is 6.91. The monoisotopic (exact) mass is 468 g/mol. The summed E-state index contributed by atoms with van der Waals surface area (Å²) >= 11 is 0. The summed E-state index contributed by atoms with van der Waals surface area (Å²) in [7, 11) is 2.20. The van der Waals surface area contributed by atoms with Gasteiger partial charge in [0.2, 0.25) is 0 Å². The minimum absolute atomic E-state index is 0. The predicted octanol–water partition coefficient (Wildman–Crippen LogP) is 2.09. The molecule has 6 nitrogen and oxygen atoms in total. The second kappa shape index (κ2) is 14.0. The van der Waals surface area contributed by atoms with Gasteiger partial charge in [0.15, 0.2) is 5.96 Å². The van der Waals surface area contributed by atoms with E-state index in [1.165, 1.54) is 19.4 Å². The normalized spacial score (nSPS) is 22.6. The number of nitrogens with one attached hydrogen (secondary N) is 2. The van der Waals surface area contributed by atoms with Crippen molar-refractivity contribution in [1.82, 2.24) is 15.5 Å². The number of nitrogens with zero attached hydrogens (tertiary/aromatic N) is 2. The third kappa shape index (κ3) is 9.40. The largest absolute Gasteiger partial charge is 0.381 e. The number of ether oxygens (including phenoxy) is 2. The minimum Gasteiger partial charge on any atom is -0.381 e. The molecule has 148 valence electrons. The van der Waals surface area contributed by atoms with Crippen molar-refractivity contribution >= 4 is 29.9 Å². The maximum atomic E-state index is 5.81. The van der Waals surface area contributed by atoms with E-state index < -0.39 is 0 Å². The van der Waals surface area contributed by atoms with Crippen molar-refractivity contribution < 1.29 is 9.47 Å². The number of rotatable bonds is 9. The second-order valence-corrected chi connectivity index (χ2v) is 6.91. The van der Waals surface area contributed by atoms with Gasteiger partial charge in [-0.15, -0.1) is 24.0 Å². The Morgan fingerprint density at radius 1 is 1.24 bits per heavy atom. The molecule has 2 aliphatic rings. The molecule has 0 amide bonds. The van der Waals surface area contributed by atoms with Crippen LogP contribution in [-0.4, -0.2) is 76.6 Å². The lowest BCUT2D eigenvalue weighted by molar-refractivity contribution is 0.0203. The van der Waals surface area contributed by atoms with Gasteiger partial charge in [0, 0.05) is 45.6 Å². The molecule has 2 saturated heterocycles. The first-order valence-corrected chi connectivity index (χ1v) is 9.67. The molecule has 0 aromatic rings. The molecule has 0 aliphatic carbocycles. The molecular formula is C18H37IN4O2. The summed E-state index contributed by atoms with van der Waals surface area (Å²) < 4.78 is 11.2. The molecule has 0 aromatic carbocycles. The highest BCUT2D eigenvalue weighted by Crippen LogP contribution is 2.15. The van der Waals surface area contributed by atoms with E-state index in [1.807, 2.05) is 0 Å². The molecular weight excluding hydrogens is 431 g/mol. The van der Waals surface area contributed by atoms with Crippen LogP contribution < -0.4 is 10.6 Å². The molecule has 0 bridgehead atoms. The van der Waals surface area contributed by atoms with Crippen LogP contribution in [0.3, 0.4) is 0 Å². The van der Waals surface area contributed by atoms with Gasteiger partial charge in [-0.2, -0.15) is 0 Å². The van der Waals surface area contributed by atoms with E-state index in [9.17, 15) is 0 Å². The summed E-state index contributed by atoms with van der Waals surface area (Å²) in [6.45, 7) is 9.48. The van der Waals surface area contributed by atoms with E-state index in [0.29, 0.717) is 12.0 Å². The van der Waals surface area contributed by atoms with Crippen LogP contribution in [-0.2, 0) is 9.47 Å². The van der Waals surface area contributed by atoms with E-state index in [4.69, 9.17) is 14.5 Å². The van der Waals surface area contributed by atoms with Crippen LogP contribution in [0.25, 0.3) is 0 Å². The minimum atomic E-state index is 0. The molecule has 0 radical (unpaired) electrons. The van der Waals surface area contributed by atoms with Crippen molar-refractivity contribution in [2.45, 2.75) is 45.1 Å². The lowest BCUT2D eigenvalue weighted by Gasteiger charge is -2.21. The van der Waals surface area contributed by atoms with Gasteiger partial charge in [-0.1, -0.05) is 0 Å². The summed E-state index contributed by atoms with van der Waals surface area (Å²) in [6, 6.07) is 0.600. The van der Waals surface area contributed by atoms with Crippen LogP contribution in [0.15, 0.2) is 4.99 Å². The number of likely N-dealkylation sites (tertiary alicyclic amines) is 1. The lowest BCUT2D eigenvalue weighted by Crippen LogP contribution is -2.39. The van der Waals surface area contributed by atoms with Crippen molar-refractivity contribution in [2.24, 2.45) is 10.9 Å². The zero-order chi connectivity index (χ0) is 17.0. The Morgan fingerprint density at radius 3 is 2.72 bits per heavy atom. The number of hydrogen-bond donors (Lipinski definition) is 2. The molecule has 2 fully saturated rings. The fourth-order valence-electron chi connectivity index (χ4n) is 3.29. The van der Waals surface area contributed by atoms with Gasteiger partial charge in [-0.25, -0.2) is 0 Å². The maximum absolute atomic E-state index is 5.81. The van der Waals surface area contributed by atoms with Crippen LogP contribution >= 0.6 is 24.0 Å². The Hall–Kier alpha value is -0.120. The van der Waals surface area contributed by atoms with Gasteiger partial charge in [0.1, 0.15) is 0 Å². The molecule has 2 rings (SSSR count). The highest BCUT2D eigenvalue weighted by molar-refractivity contribution is 14.0. The summed E-state index contributed by atoms with van der Waals surface area (Å²) in [5, 5.41) is 6.75. The molecule has 0 aromatic heterocycles. The van der Waals surface area contributed by atoms with Gasteiger partial charge < -0.3 is 25.0 Å². The quantitative estimate of drug-likeness (QED) is 0.235. The standard InChI is InChI=1S/C18H36N4O2.HI/c1-3-19-18(21-14-17-6-4-10-22(17)2)20-9-5-11-24-15-16-7-12-23-13-8-16;/h16-17H,3-15H2,1-2H3,(H2,19,20,21);1H. The predicted molar refractivity (Wildman–Crippen MR) is 114 cm³/mol. The fourth-order valence-corrected chi connectivity index (χ4v) is 3.29. The van der Waals surface area contributed by atoms with Crippen molar-refractivity contribution in [3.63, 3.8) is 0 Å². The van der Waals surface area contributed by atoms with Crippen LogP contribution in [0.4, 0.5) is 0 Å². The molecule has 2 N–H and O–H groups in total. The number of likely N-dealkylation sites (N-methyl/N-ethyl adjacent to an activating group) is 1. The summed E-state index contributed by atoms with van der Waals surface area (Å²) in [5.41, 5.74) is 0. The lowest BCUT2D eigenvalue weighted by atomic mass is 10.0. The van der Waals surface area contributed by atoms with E-state index in [-0.39, 0.29) is 24.0 Å². The van der Waals surface area contributed by atoms with E-state index in [1.54, 1.807) is 0 Å². The first kappa shape index (κ1) is 22.9. The Balaban J connectivity index is 0.00000312. The van der Waals surface area contributed by atoms with Crippen LogP contribution in [0.2, 0.25) is 0 Å². The first-order chi connectivity index (χ1) is 11.8. The summed E-state index contributed by atoms with van der Waals surface area (Å²) in [4.78, 5) is 7.15. The molecule has 0 saturated carbocycles. The van der Waals surface area contributed by atoms with Gasteiger partial charge in [-0.3, -0.25) is 4.99 Å². The number of guanidine groups is 1. The Bertz CT molecular complexity index is 365. The number of hydrogen-bond acceptors (Lipinski definition) is 4.